The fraction of sp³-hybridized carbons (Fsp3) is 0.478. The Morgan fingerprint density at radius 3 is 2.30 bits per heavy atom. The lowest BCUT2D eigenvalue weighted by Crippen LogP contribution is -2.55. The fourth-order valence-corrected chi connectivity index (χ4v) is 4.92. The second-order valence-electron chi connectivity index (χ2n) is 7.61. The number of carbonyl (C=O) groups is 3. The minimum Gasteiger partial charge on any atom is -0.476 e. The second-order valence-corrected chi connectivity index (χ2v) is 8.75. The van der Waals surface area contributed by atoms with E-state index >= 15 is 0 Å². The van der Waals surface area contributed by atoms with Crippen LogP contribution in [0.15, 0.2) is 33.5 Å². The minimum absolute atomic E-state index is 0.253. The van der Waals surface area contributed by atoms with Gasteiger partial charge >= 0.3 is 23.5 Å². The maximum atomic E-state index is 12.0. The van der Waals surface area contributed by atoms with Gasteiger partial charge in [0.25, 0.3) is 0 Å². The summed E-state index contributed by atoms with van der Waals surface area (Å²) in [6.45, 7) is 5.71. The molecule has 0 radical (unpaired) electrons. The summed E-state index contributed by atoms with van der Waals surface area (Å²) in [4.78, 5) is 47.0. The molecule has 9 nitrogen and oxygen atoms in total. The molecule has 1 saturated heterocycles. The van der Waals surface area contributed by atoms with Gasteiger partial charge in [-0.3, -0.25) is 14.4 Å². The first-order chi connectivity index (χ1) is 15.7. The first-order valence-electron chi connectivity index (χ1n) is 10.5. The first-order valence-corrected chi connectivity index (χ1v) is 11.6. The average molecular weight is 479 g/mol. The van der Waals surface area contributed by atoms with Crippen molar-refractivity contribution in [3.63, 3.8) is 0 Å². The Bertz CT molecular complexity index is 1090. The van der Waals surface area contributed by atoms with Crippen LogP contribution in [0.1, 0.15) is 39.7 Å². The molecule has 1 aromatic heterocycles. The van der Waals surface area contributed by atoms with Gasteiger partial charge in [-0.05, 0) is 24.1 Å². The Labute approximate surface area is 194 Å². The van der Waals surface area contributed by atoms with E-state index in [0.717, 1.165) is 23.8 Å². The van der Waals surface area contributed by atoms with Gasteiger partial charge in [0.2, 0.25) is 0 Å². The van der Waals surface area contributed by atoms with Crippen molar-refractivity contribution in [3.8, 4) is 5.75 Å². The first kappa shape index (κ1) is 24.6. The van der Waals surface area contributed by atoms with Gasteiger partial charge in [-0.2, -0.15) is 0 Å². The number of carbonyl (C=O) groups excluding carboxylic acids is 3. The van der Waals surface area contributed by atoms with Gasteiger partial charge in [-0.1, -0.05) is 13.3 Å². The number of aryl methyl sites for hydroxylation is 1. The van der Waals surface area contributed by atoms with E-state index in [9.17, 15) is 19.2 Å². The van der Waals surface area contributed by atoms with Crippen molar-refractivity contribution in [2.24, 2.45) is 0 Å². The largest absolute Gasteiger partial charge is 0.476 e. The number of thioether (sulfide) groups is 1. The van der Waals surface area contributed by atoms with Crippen LogP contribution in [0.3, 0.4) is 0 Å². The summed E-state index contributed by atoms with van der Waals surface area (Å²) in [7, 11) is 0. The minimum atomic E-state index is -1.05. The van der Waals surface area contributed by atoms with Crippen molar-refractivity contribution in [1.29, 1.82) is 0 Å². The molecule has 0 N–H and O–H groups in total. The highest BCUT2D eigenvalue weighted by Gasteiger charge is 2.47. The van der Waals surface area contributed by atoms with Gasteiger partial charge in [0, 0.05) is 44.0 Å². The van der Waals surface area contributed by atoms with E-state index in [1.54, 1.807) is 18.2 Å². The highest BCUT2D eigenvalue weighted by Crippen LogP contribution is 2.35. The van der Waals surface area contributed by atoms with Crippen molar-refractivity contribution >= 4 is 40.6 Å². The molecule has 1 aliphatic rings. The molecule has 0 amide bonds. The van der Waals surface area contributed by atoms with Gasteiger partial charge in [0.15, 0.2) is 23.7 Å². The van der Waals surface area contributed by atoms with Crippen LogP contribution in [-0.4, -0.2) is 47.4 Å². The van der Waals surface area contributed by atoms with Gasteiger partial charge < -0.3 is 23.4 Å². The molecule has 1 aliphatic heterocycles. The van der Waals surface area contributed by atoms with Crippen LogP contribution in [0.2, 0.25) is 0 Å². The van der Waals surface area contributed by atoms with Crippen LogP contribution in [0.5, 0.6) is 5.75 Å². The van der Waals surface area contributed by atoms with Gasteiger partial charge in [-0.15, -0.1) is 11.8 Å². The maximum Gasteiger partial charge on any atom is 0.336 e. The lowest BCUT2D eigenvalue weighted by molar-refractivity contribution is -0.186. The molecule has 4 atom stereocenters. The molecule has 0 spiro atoms. The number of rotatable bonds is 7. The van der Waals surface area contributed by atoms with Crippen LogP contribution in [0, 0.1) is 0 Å². The van der Waals surface area contributed by atoms with Crippen molar-refractivity contribution in [2.75, 3.05) is 5.75 Å². The molecule has 2 aromatic rings. The van der Waals surface area contributed by atoms with E-state index in [0.29, 0.717) is 11.3 Å². The average Bonchev–Trinajstić information content (AvgIpc) is 2.71. The number of hydrogen-bond acceptors (Lipinski definition) is 10. The molecule has 3 rings (SSSR count). The van der Waals surface area contributed by atoms with Crippen LogP contribution in [0.4, 0.5) is 0 Å². The highest BCUT2D eigenvalue weighted by molar-refractivity contribution is 7.99. The Balaban J connectivity index is 1.92. The molecular weight excluding hydrogens is 452 g/mol. The summed E-state index contributed by atoms with van der Waals surface area (Å²) in [6.07, 6.45) is -1.29. The SMILES string of the molecule is CCCc1cc(=O)oc2cc(O[C@@H]3SC[C@@H](OC(C)=O)[C@H](OC(C)=O)[C@H]3OC(C)=O)ccc12. The predicted molar refractivity (Wildman–Crippen MR) is 120 cm³/mol. The third-order valence-corrected chi connectivity index (χ3v) is 6.09. The molecule has 178 valence electrons. The second kappa shape index (κ2) is 10.7. The van der Waals surface area contributed by atoms with E-state index < -0.39 is 47.3 Å². The van der Waals surface area contributed by atoms with Gasteiger partial charge in [-0.25, -0.2) is 4.79 Å². The standard InChI is InChI=1S/C23H26O9S/c1-5-6-15-9-20(27)32-18-10-16(7-8-17(15)18)31-23-22(30-14(4)26)21(29-13(3)25)19(11-33-23)28-12(2)24/h7-10,19,21-23H,5-6,11H2,1-4H3/t19-,21+,22-,23-/m1/s1. The van der Waals surface area contributed by atoms with Crippen LogP contribution < -0.4 is 10.4 Å². The molecule has 1 fully saturated rings. The van der Waals surface area contributed by atoms with E-state index in [1.807, 2.05) is 6.92 Å². The lowest BCUT2D eigenvalue weighted by Gasteiger charge is -2.39. The molecule has 1 aromatic carbocycles. The van der Waals surface area contributed by atoms with Crippen molar-refractivity contribution in [2.45, 2.75) is 64.3 Å². The highest BCUT2D eigenvalue weighted by atomic mass is 32.2. The van der Waals surface area contributed by atoms with Gasteiger partial charge in [0.1, 0.15) is 11.3 Å². The third kappa shape index (κ3) is 6.28. The quantitative estimate of drug-likeness (QED) is 0.334. The predicted octanol–water partition coefficient (Wildman–Crippen LogP) is 2.99. The molecule has 0 aliphatic carbocycles. The lowest BCUT2D eigenvalue weighted by atomic mass is 10.1. The Morgan fingerprint density at radius 2 is 1.67 bits per heavy atom. The summed E-state index contributed by atoms with van der Waals surface area (Å²) < 4.78 is 27.5. The Hall–Kier alpha value is -3.01. The van der Waals surface area contributed by atoms with E-state index in [-0.39, 0.29) is 5.75 Å². The van der Waals surface area contributed by atoms with Crippen LogP contribution in [0.25, 0.3) is 11.0 Å². The third-order valence-electron chi connectivity index (χ3n) is 4.88. The summed E-state index contributed by atoms with van der Waals surface area (Å²) in [5.41, 5.74) is 0.0435. The molecule has 0 unspecified atom stereocenters. The molecule has 10 heteroatoms. The molecule has 33 heavy (non-hydrogen) atoms. The van der Waals surface area contributed by atoms with Crippen molar-refractivity contribution < 1.29 is 37.7 Å². The van der Waals surface area contributed by atoms with Crippen molar-refractivity contribution in [3.05, 3.63) is 40.2 Å². The molecule has 0 bridgehead atoms. The monoisotopic (exact) mass is 478 g/mol. The summed E-state index contributed by atoms with van der Waals surface area (Å²) >= 11 is 1.25. The number of hydrogen-bond donors (Lipinski definition) is 0. The number of esters is 3. The molecular formula is C23H26O9S. The van der Waals surface area contributed by atoms with E-state index in [2.05, 4.69) is 0 Å². The summed E-state index contributed by atoms with van der Waals surface area (Å²) in [6, 6.07) is 6.61. The molecule has 0 saturated carbocycles. The smallest absolute Gasteiger partial charge is 0.336 e. The zero-order chi connectivity index (χ0) is 24.1. The van der Waals surface area contributed by atoms with Crippen LogP contribution >= 0.6 is 11.8 Å². The fourth-order valence-electron chi connectivity index (χ4n) is 3.70. The van der Waals surface area contributed by atoms with Gasteiger partial charge in [0.05, 0.1) is 0 Å². The topological polar surface area (TPSA) is 118 Å². The maximum absolute atomic E-state index is 12.0. The normalized spacial score (nSPS) is 22.4. The summed E-state index contributed by atoms with van der Waals surface area (Å²) in [5, 5.41) is 0.810. The van der Waals surface area contributed by atoms with E-state index in [4.69, 9.17) is 23.4 Å². The Morgan fingerprint density at radius 1 is 1.00 bits per heavy atom. The zero-order valence-electron chi connectivity index (χ0n) is 18.8. The zero-order valence-corrected chi connectivity index (χ0v) is 19.6. The number of fused-ring (bicyclic) bond motifs is 1. The summed E-state index contributed by atoms with van der Waals surface area (Å²) in [5.74, 6) is -1.14. The van der Waals surface area contributed by atoms with Crippen LogP contribution in [-0.2, 0) is 35.0 Å². The van der Waals surface area contributed by atoms with Crippen molar-refractivity contribution in [1.82, 2.24) is 0 Å². The number of benzene rings is 1. The van der Waals surface area contributed by atoms with E-state index in [1.165, 1.54) is 38.6 Å². The molecule has 2 heterocycles. The number of ether oxygens (including phenoxy) is 4. The Kier molecular flexibility index (Phi) is 8.01.